The summed E-state index contributed by atoms with van der Waals surface area (Å²) in [5.41, 5.74) is 7.92. The van der Waals surface area contributed by atoms with Crippen molar-refractivity contribution in [3.63, 3.8) is 0 Å². The molecule has 4 nitrogen and oxygen atoms in total. The summed E-state index contributed by atoms with van der Waals surface area (Å²) in [6.45, 7) is 2.36. The second-order valence-electron chi connectivity index (χ2n) is 7.34. The Labute approximate surface area is 172 Å². The highest BCUT2D eigenvalue weighted by Gasteiger charge is 2.26. The van der Waals surface area contributed by atoms with E-state index in [9.17, 15) is 9.18 Å². The number of halogens is 2. The van der Waals surface area contributed by atoms with Gasteiger partial charge in [0, 0.05) is 12.0 Å². The maximum atomic E-state index is 12.9. The number of hydrogen-bond acceptors (Lipinski definition) is 3. The van der Waals surface area contributed by atoms with E-state index in [4.69, 9.17) is 10.5 Å². The van der Waals surface area contributed by atoms with E-state index in [1.807, 2.05) is 31.2 Å². The Kier molecular flexibility index (Phi) is 8.27. The lowest BCUT2D eigenvalue weighted by Crippen LogP contribution is -2.38. The summed E-state index contributed by atoms with van der Waals surface area (Å²) in [6, 6.07) is 14.0. The number of carbonyl (C=O) groups excluding carboxylic acids is 1. The minimum absolute atomic E-state index is 0. The second kappa shape index (κ2) is 10.4. The highest BCUT2D eigenvalue weighted by Crippen LogP contribution is 2.25. The first-order valence-corrected chi connectivity index (χ1v) is 9.54. The van der Waals surface area contributed by atoms with Gasteiger partial charge in [-0.3, -0.25) is 4.79 Å². The quantitative estimate of drug-likeness (QED) is 0.741. The van der Waals surface area contributed by atoms with E-state index in [0.717, 1.165) is 42.6 Å². The van der Waals surface area contributed by atoms with Crippen LogP contribution in [0.4, 0.5) is 4.39 Å². The van der Waals surface area contributed by atoms with Crippen LogP contribution in [0.3, 0.4) is 0 Å². The van der Waals surface area contributed by atoms with E-state index in [1.165, 1.54) is 12.1 Å². The molecular weight excluding hydrogens is 379 g/mol. The Balaban J connectivity index is 0.00000280. The summed E-state index contributed by atoms with van der Waals surface area (Å²) < 4.78 is 18.7. The molecule has 3 atom stereocenters. The van der Waals surface area contributed by atoms with Gasteiger partial charge >= 0.3 is 0 Å². The van der Waals surface area contributed by atoms with Gasteiger partial charge in [-0.15, -0.1) is 12.4 Å². The van der Waals surface area contributed by atoms with E-state index in [-0.39, 0.29) is 42.1 Å². The molecule has 1 aliphatic carbocycles. The number of amides is 1. The third kappa shape index (κ3) is 6.21. The van der Waals surface area contributed by atoms with Crippen molar-refractivity contribution < 1.29 is 13.9 Å². The number of carbonyl (C=O) groups is 1. The third-order valence-electron chi connectivity index (χ3n) is 5.14. The van der Waals surface area contributed by atoms with Crippen molar-refractivity contribution in [2.24, 2.45) is 11.7 Å². The molecule has 28 heavy (non-hydrogen) atoms. The van der Waals surface area contributed by atoms with Crippen LogP contribution in [0.5, 0.6) is 5.75 Å². The van der Waals surface area contributed by atoms with Crippen LogP contribution in [0.15, 0.2) is 48.5 Å². The molecule has 3 rings (SSSR count). The number of hydrogen-bond donors (Lipinski definition) is 2. The van der Waals surface area contributed by atoms with Crippen molar-refractivity contribution in [2.75, 3.05) is 0 Å². The van der Waals surface area contributed by atoms with Crippen LogP contribution in [0, 0.1) is 11.7 Å². The minimum Gasteiger partial charge on any atom is -0.489 e. The van der Waals surface area contributed by atoms with Crippen LogP contribution < -0.4 is 15.8 Å². The molecule has 6 heteroatoms. The number of nitrogens with one attached hydrogen (secondary N) is 1. The zero-order valence-electron chi connectivity index (χ0n) is 16.1. The Morgan fingerprint density at radius 2 is 1.86 bits per heavy atom. The van der Waals surface area contributed by atoms with Crippen LogP contribution in [-0.4, -0.2) is 11.9 Å². The van der Waals surface area contributed by atoms with Gasteiger partial charge < -0.3 is 15.8 Å². The normalized spacial score (nSPS) is 20.0. The van der Waals surface area contributed by atoms with Gasteiger partial charge in [0.05, 0.1) is 6.04 Å². The van der Waals surface area contributed by atoms with Crippen molar-refractivity contribution >= 4 is 18.3 Å². The van der Waals surface area contributed by atoms with Gasteiger partial charge in [-0.05, 0) is 61.6 Å². The van der Waals surface area contributed by atoms with Gasteiger partial charge in [0.15, 0.2) is 0 Å². The number of rotatable bonds is 6. The number of benzene rings is 2. The minimum atomic E-state index is -0.255. The van der Waals surface area contributed by atoms with Crippen molar-refractivity contribution in [3.05, 3.63) is 65.5 Å². The number of ether oxygens (including phenoxy) is 1. The third-order valence-corrected chi connectivity index (χ3v) is 5.14. The van der Waals surface area contributed by atoms with Crippen LogP contribution in [0.1, 0.15) is 49.8 Å². The maximum absolute atomic E-state index is 12.9. The molecule has 1 saturated carbocycles. The SMILES string of the molecule is CC(NC(=O)C1CCCC(N)C1)c1ccc(OCc2ccc(F)cc2)cc1.Cl. The highest BCUT2D eigenvalue weighted by molar-refractivity contribution is 5.85. The Morgan fingerprint density at radius 1 is 1.18 bits per heavy atom. The largest absolute Gasteiger partial charge is 0.489 e. The first-order chi connectivity index (χ1) is 13.0. The fraction of sp³-hybridized carbons (Fsp3) is 0.409. The van der Waals surface area contributed by atoms with Gasteiger partial charge in [0.2, 0.25) is 5.91 Å². The highest BCUT2D eigenvalue weighted by atomic mass is 35.5. The average molecular weight is 407 g/mol. The summed E-state index contributed by atoms with van der Waals surface area (Å²) >= 11 is 0. The summed E-state index contributed by atoms with van der Waals surface area (Å²) in [5.74, 6) is 0.595. The number of nitrogens with two attached hydrogens (primary N) is 1. The Morgan fingerprint density at radius 3 is 2.50 bits per heavy atom. The Hall–Kier alpha value is -2.11. The molecule has 3 N–H and O–H groups in total. The summed E-state index contributed by atoms with van der Waals surface area (Å²) in [6.07, 6.45) is 3.73. The lowest BCUT2D eigenvalue weighted by molar-refractivity contribution is -0.126. The molecule has 0 saturated heterocycles. The molecule has 0 heterocycles. The van der Waals surface area contributed by atoms with Gasteiger partial charge in [-0.25, -0.2) is 4.39 Å². The van der Waals surface area contributed by atoms with Crippen LogP contribution >= 0.6 is 12.4 Å². The predicted octanol–water partition coefficient (Wildman–Crippen LogP) is 4.52. The zero-order valence-corrected chi connectivity index (χ0v) is 16.9. The van der Waals surface area contributed by atoms with Gasteiger partial charge in [-0.2, -0.15) is 0 Å². The van der Waals surface area contributed by atoms with Crippen LogP contribution in [-0.2, 0) is 11.4 Å². The van der Waals surface area contributed by atoms with Crippen LogP contribution in [0.2, 0.25) is 0 Å². The lowest BCUT2D eigenvalue weighted by atomic mass is 9.85. The maximum Gasteiger partial charge on any atom is 0.223 e. The molecule has 2 aromatic carbocycles. The first-order valence-electron chi connectivity index (χ1n) is 9.54. The van der Waals surface area contributed by atoms with Crippen molar-refractivity contribution in [2.45, 2.75) is 51.3 Å². The average Bonchev–Trinajstić information content (AvgIpc) is 2.68. The molecule has 0 spiro atoms. The molecule has 1 aliphatic rings. The fourth-order valence-corrected chi connectivity index (χ4v) is 3.48. The van der Waals surface area contributed by atoms with Gasteiger partial charge in [-0.1, -0.05) is 30.7 Å². The van der Waals surface area contributed by atoms with E-state index < -0.39 is 0 Å². The van der Waals surface area contributed by atoms with Crippen molar-refractivity contribution in [3.8, 4) is 5.75 Å². The Bertz CT molecular complexity index is 752. The topological polar surface area (TPSA) is 64.4 Å². The summed E-state index contributed by atoms with van der Waals surface area (Å²) in [4.78, 5) is 12.5. The van der Waals surface area contributed by atoms with Gasteiger partial charge in [0.25, 0.3) is 0 Å². The second-order valence-corrected chi connectivity index (χ2v) is 7.34. The predicted molar refractivity (Wildman–Crippen MR) is 111 cm³/mol. The molecule has 1 fully saturated rings. The van der Waals surface area contributed by atoms with Gasteiger partial charge in [0.1, 0.15) is 18.2 Å². The van der Waals surface area contributed by atoms with Crippen LogP contribution in [0.25, 0.3) is 0 Å². The fourth-order valence-electron chi connectivity index (χ4n) is 3.48. The van der Waals surface area contributed by atoms with E-state index in [1.54, 1.807) is 12.1 Å². The van der Waals surface area contributed by atoms with E-state index >= 15 is 0 Å². The molecule has 3 unspecified atom stereocenters. The molecule has 0 bridgehead atoms. The lowest BCUT2D eigenvalue weighted by Gasteiger charge is -2.27. The molecule has 1 amide bonds. The molecule has 0 aromatic heterocycles. The van der Waals surface area contributed by atoms with Crippen molar-refractivity contribution in [1.29, 1.82) is 0 Å². The van der Waals surface area contributed by atoms with Crippen molar-refractivity contribution in [1.82, 2.24) is 5.32 Å². The molecule has 0 aliphatic heterocycles. The van der Waals surface area contributed by atoms with E-state index in [2.05, 4.69) is 5.32 Å². The molecule has 2 aromatic rings. The standard InChI is InChI=1S/C22H27FN2O2.ClH/c1-15(25-22(26)18-3-2-4-20(24)13-18)17-7-11-21(12-8-17)27-14-16-5-9-19(23)10-6-16;/h5-12,15,18,20H,2-4,13-14,24H2,1H3,(H,25,26);1H. The smallest absolute Gasteiger partial charge is 0.223 e. The summed E-state index contributed by atoms with van der Waals surface area (Å²) in [5, 5.41) is 3.10. The molecule has 0 radical (unpaired) electrons. The zero-order chi connectivity index (χ0) is 19.2. The van der Waals surface area contributed by atoms with E-state index in [0.29, 0.717) is 6.61 Å². The molecular formula is C22H28ClFN2O2. The monoisotopic (exact) mass is 406 g/mol. The summed E-state index contributed by atoms with van der Waals surface area (Å²) in [7, 11) is 0. The first kappa shape index (κ1) is 22.2. The molecule has 152 valence electrons.